The lowest BCUT2D eigenvalue weighted by molar-refractivity contribution is 0.423. The van der Waals surface area contributed by atoms with E-state index in [4.69, 9.17) is 0 Å². The van der Waals surface area contributed by atoms with Crippen molar-refractivity contribution in [3.8, 4) is 0 Å². The summed E-state index contributed by atoms with van der Waals surface area (Å²) in [6.07, 6.45) is 0. The highest BCUT2D eigenvalue weighted by atomic mass is 15.2. The standard InChI is InChI=1S/C58H50N4/c1-57(2,3)61-51-31-19-17-25-43(51)49-37-41(33-35-53(49)61)59(39-21-9-7-10-22-39)55-45-27-13-15-29-47(45)56(48-30-16-14-28-46(48)55)60(40-23-11-8-12-24-40)42-34-36-54-50(38-42)44-26-18-20-32-52(44)62(54)58(4,5)6/h7-38H,1-6H3. The molecule has 9 aromatic carbocycles. The number of hydrogen-bond acceptors (Lipinski definition) is 2. The maximum absolute atomic E-state index is 2.49. The van der Waals surface area contributed by atoms with Gasteiger partial charge in [-0.1, -0.05) is 121 Å². The normalized spacial score (nSPS) is 12.4. The number of nitrogens with zero attached hydrogens (tertiary/aromatic N) is 4. The maximum atomic E-state index is 2.49. The van der Waals surface area contributed by atoms with Crippen molar-refractivity contribution in [2.45, 2.75) is 52.6 Å². The van der Waals surface area contributed by atoms with Crippen molar-refractivity contribution in [1.82, 2.24) is 9.13 Å². The predicted octanol–water partition coefficient (Wildman–Crippen LogP) is 16.7. The zero-order valence-corrected chi connectivity index (χ0v) is 36.3. The Bertz CT molecular complexity index is 3200. The molecule has 0 aliphatic rings. The Labute approximate surface area is 363 Å². The minimum atomic E-state index is -0.0942. The Balaban J connectivity index is 1.22. The largest absolute Gasteiger partial charge is 0.335 e. The van der Waals surface area contributed by atoms with Crippen LogP contribution in [0.3, 0.4) is 0 Å². The molecule has 0 aliphatic carbocycles. The first kappa shape index (κ1) is 37.7. The van der Waals surface area contributed by atoms with E-state index in [1.165, 1.54) is 65.2 Å². The Kier molecular flexibility index (Phi) is 8.59. The average molecular weight is 803 g/mol. The second-order valence-electron chi connectivity index (χ2n) is 18.6. The van der Waals surface area contributed by atoms with Crippen LogP contribution in [0.4, 0.5) is 34.1 Å². The fourth-order valence-electron chi connectivity index (χ4n) is 10.2. The molecular formula is C58H50N4. The van der Waals surface area contributed by atoms with Gasteiger partial charge >= 0.3 is 0 Å². The Morgan fingerprint density at radius 1 is 0.274 bits per heavy atom. The number of fused-ring (bicyclic) bond motifs is 8. The van der Waals surface area contributed by atoms with Crippen molar-refractivity contribution >= 4 is 99.3 Å². The van der Waals surface area contributed by atoms with Crippen molar-refractivity contribution in [2.24, 2.45) is 0 Å². The maximum Gasteiger partial charge on any atom is 0.0619 e. The zero-order chi connectivity index (χ0) is 42.3. The van der Waals surface area contributed by atoms with Gasteiger partial charge in [-0.15, -0.1) is 0 Å². The van der Waals surface area contributed by atoms with E-state index in [1.54, 1.807) is 0 Å². The molecule has 0 aliphatic heterocycles. The highest BCUT2D eigenvalue weighted by Gasteiger charge is 2.28. The number of benzene rings is 9. The lowest BCUT2D eigenvalue weighted by Gasteiger charge is -2.33. The monoisotopic (exact) mass is 802 g/mol. The van der Waals surface area contributed by atoms with Gasteiger partial charge in [0.05, 0.1) is 11.4 Å². The van der Waals surface area contributed by atoms with E-state index in [9.17, 15) is 0 Å². The summed E-state index contributed by atoms with van der Waals surface area (Å²) >= 11 is 0. The molecule has 0 saturated heterocycles. The van der Waals surface area contributed by atoms with Gasteiger partial charge in [0.1, 0.15) is 0 Å². The zero-order valence-electron chi connectivity index (χ0n) is 36.3. The molecule has 4 nitrogen and oxygen atoms in total. The second kappa shape index (κ2) is 14.1. The number of para-hydroxylation sites is 4. The van der Waals surface area contributed by atoms with Crippen molar-refractivity contribution in [1.29, 1.82) is 0 Å². The fourth-order valence-corrected chi connectivity index (χ4v) is 10.2. The van der Waals surface area contributed by atoms with Crippen molar-refractivity contribution in [3.05, 3.63) is 194 Å². The number of hydrogen-bond donors (Lipinski definition) is 0. The molecule has 0 bridgehead atoms. The fraction of sp³-hybridized carbons (Fsp3) is 0.138. The number of aromatic nitrogens is 2. The molecule has 11 rings (SSSR count). The van der Waals surface area contributed by atoms with E-state index in [1.807, 2.05) is 0 Å². The summed E-state index contributed by atoms with van der Waals surface area (Å²) in [6, 6.07) is 71.5. The van der Waals surface area contributed by atoms with Crippen LogP contribution in [0.1, 0.15) is 41.5 Å². The van der Waals surface area contributed by atoms with E-state index in [2.05, 4.69) is 255 Å². The number of rotatable bonds is 6. The predicted molar refractivity (Wildman–Crippen MR) is 267 cm³/mol. The summed E-state index contributed by atoms with van der Waals surface area (Å²) in [4.78, 5) is 4.97. The Morgan fingerprint density at radius 3 is 0.903 bits per heavy atom. The van der Waals surface area contributed by atoms with Gasteiger partial charge in [0.15, 0.2) is 0 Å². The van der Waals surface area contributed by atoms with E-state index in [-0.39, 0.29) is 11.1 Å². The molecule has 2 heterocycles. The molecule has 0 saturated carbocycles. The third-order valence-electron chi connectivity index (χ3n) is 12.5. The number of anilines is 6. The first-order valence-corrected chi connectivity index (χ1v) is 21.8. The van der Waals surface area contributed by atoms with Crippen molar-refractivity contribution in [2.75, 3.05) is 9.80 Å². The lowest BCUT2D eigenvalue weighted by atomic mass is 9.95. The average Bonchev–Trinajstić information content (AvgIpc) is 3.81. The molecule has 0 spiro atoms. The van der Waals surface area contributed by atoms with Gasteiger partial charge in [-0.25, -0.2) is 0 Å². The van der Waals surface area contributed by atoms with Crippen LogP contribution >= 0.6 is 0 Å². The smallest absolute Gasteiger partial charge is 0.0619 e. The van der Waals surface area contributed by atoms with Crippen LogP contribution in [0.15, 0.2) is 194 Å². The molecule has 0 atom stereocenters. The van der Waals surface area contributed by atoms with Gasteiger partial charge in [-0.3, -0.25) is 0 Å². The third-order valence-corrected chi connectivity index (χ3v) is 12.5. The van der Waals surface area contributed by atoms with Crippen LogP contribution in [0.25, 0.3) is 65.2 Å². The van der Waals surface area contributed by atoms with E-state index in [0.29, 0.717) is 0 Å². The molecule has 62 heavy (non-hydrogen) atoms. The topological polar surface area (TPSA) is 16.3 Å². The molecule has 4 heteroatoms. The minimum absolute atomic E-state index is 0.0942. The molecule has 0 unspecified atom stereocenters. The first-order chi connectivity index (χ1) is 30.1. The van der Waals surface area contributed by atoms with Crippen LogP contribution < -0.4 is 9.80 Å². The Morgan fingerprint density at radius 2 is 0.565 bits per heavy atom. The Hall–Kier alpha value is -7.30. The van der Waals surface area contributed by atoms with E-state index in [0.717, 1.165) is 34.1 Å². The SMILES string of the molecule is CC(C)(C)n1c2ccccc2c2cc(N(c3ccccc3)c3c4ccccc4c(N(c4ccccc4)c4ccc5c(c4)c4ccccc4n5C(C)(C)C)c4ccccc34)ccc21. The molecule has 0 radical (unpaired) electrons. The van der Waals surface area contributed by atoms with Gasteiger partial charge < -0.3 is 18.9 Å². The minimum Gasteiger partial charge on any atom is -0.335 e. The van der Waals surface area contributed by atoms with Crippen LogP contribution in [0, 0.1) is 0 Å². The van der Waals surface area contributed by atoms with Crippen molar-refractivity contribution < 1.29 is 0 Å². The summed E-state index contributed by atoms with van der Waals surface area (Å²) in [5.41, 5.74) is 11.5. The molecule has 11 aromatic rings. The van der Waals surface area contributed by atoms with Gasteiger partial charge in [0, 0.05) is 99.0 Å². The van der Waals surface area contributed by atoms with Crippen LogP contribution in [0.2, 0.25) is 0 Å². The molecular weight excluding hydrogens is 753 g/mol. The van der Waals surface area contributed by atoms with Crippen LogP contribution in [0.5, 0.6) is 0 Å². The molecule has 302 valence electrons. The molecule has 0 amide bonds. The van der Waals surface area contributed by atoms with Gasteiger partial charge in [0.25, 0.3) is 0 Å². The molecule has 2 aromatic heterocycles. The third kappa shape index (κ3) is 5.89. The highest BCUT2D eigenvalue weighted by molar-refractivity contribution is 6.24. The van der Waals surface area contributed by atoms with E-state index < -0.39 is 0 Å². The summed E-state index contributed by atoms with van der Waals surface area (Å²) in [7, 11) is 0. The lowest BCUT2D eigenvalue weighted by Crippen LogP contribution is -2.21. The molecule has 0 N–H and O–H groups in total. The van der Waals surface area contributed by atoms with Crippen LogP contribution in [-0.4, -0.2) is 9.13 Å². The highest BCUT2D eigenvalue weighted by Crippen LogP contribution is 2.52. The van der Waals surface area contributed by atoms with Gasteiger partial charge in [-0.2, -0.15) is 0 Å². The first-order valence-electron chi connectivity index (χ1n) is 21.8. The summed E-state index contributed by atoms with van der Waals surface area (Å²) < 4.78 is 4.98. The summed E-state index contributed by atoms with van der Waals surface area (Å²) in [5.74, 6) is 0. The summed E-state index contributed by atoms with van der Waals surface area (Å²) in [6.45, 7) is 13.8. The molecule has 0 fully saturated rings. The van der Waals surface area contributed by atoms with E-state index >= 15 is 0 Å². The second-order valence-corrected chi connectivity index (χ2v) is 18.6. The summed E-state index contributed by atoms with van der Waals surface area (Å²) in [5, 5.41) is 9.72. The van der Waals surface area contributed by atoms with Crippen molar-refractivity contribution in [3.63, 3.8) is 0 Å². The van der Waals surface area contributed by atoms with Gasteiger partial charge in [0.2, 0.25) is 0 Å². The van der Waals surface area contributed by atoms with Crippen LogP contribution in [-0.2, 0) is 11.1 Å². The quantitative estimate of drug-likeness (QED) is 0.123. The van der Waals surface area contributed by atoms with Gasteiger partial charge in [-0.05, 0) is 114 Å².